The molecule has 3 saturated carbocycles. The van der Waals surface area contributed by atoms with Gasteiger partial charge in [-0.3, -0.25) is 9.59 Å². The number of carbonyl (C=O) groups excluding carboxylic acids is 2. The maximum atomic E-state index is 12.5. The summed E-state index contributed by atoms with van der Waals surface area (Å²) in [6, 6.07) is 0. The van der Waals surface area contributed by atoms with E-state index in [1.54, 1.807) is 0 Å². The second-order valence-corrected chi connectivity index (χ2v) is 8.53. The third-order valence-electron chi connectivity index (χ3n) is 7.31. The Kier molecular flexibility index (Phi) is 3.52. The summed E-state index contributed by atoms with van der Waals surface area (Å²) in [5.41, 5.74) is 1.26. The molecule has 0 aromatic rings. The lowest BCUT2D eigenvalue weighted by molar-refractivity contribution is -0.133. The van der Waals surface area contributed by atoms with Gasteiger partial charge in [0.1, 0.15) is 11.6 Å². The molecule has 0 saturated heterocycles. The number of hydrogen-bond acceptors (Lipinski definition) is 2. The second-order valence-electron chi connectivity index (χ2n) is 8.22. The van der Waals surface area contributed by atoms with Crippen molar-refractivity contribution in [3.05, 3.63) is 11.6 Å². The summed E-state index contributed by atoms with van der Waals surface area (Å²) >= 11 is 6.36. The van der Waals surface area contributed by atoms with Crippen LogP contribution < -0.4 is 0 Å². The molecule has 3 heteroatoms. The van der Waals surface area contributed by atoms with E-state index in [2.05, 4.69) is 13.0 Å². The van der Waals surface area contributed by atoms with Gasteiger partial charge in [-0.2, -0.15) is 0 Å². The summed E-state index contributed by atoms with van der Waals surface area (Å²) in [5, 5.41) is 0. The minimum absolute atomic E-state index is 0.128. The van der Waals surface area contributed by atoms with Crippen LogP contribution >= 0.6 is 11.6 Å². The minimum atomic E-state index is -0.128. The van der Waals surface area contributed by atoms with Crippen molar-refractivity contribution in [2.75, 3.05) is 5.88 Å². The monoisotopic (exact) mass is 320 g/mol. The van der Waals surface area contributed by atoms with Gasteiger partial charge in [-0.1, -0.05) is 18.6 Å². The standard InChI is InChI=1S/C19H25ClO2/c1-19-9-12(10-20)18-14-5-3-13(21)8-11(14)2-4-15(18)16(19)6-7-17(19)22/h2,12,14-16,18H,3-10H2,1H3/t12-,14+,15+,16+,18-,19+/m1/s1. The van der Waals surface area contributed by atoms with Crippen LogP contribution in [0.3, 0.4) is 0 Å². The molecule has 0 N–H and O–H groups in total. The third-order valence-corrected chi connectivity index (χ3v) is 7.70. The smallest absolute Gasteiger partial charge is 0.139 e. The highest BCUT2D eigenvalue weighted by Crippen LogP contribution is 2.61. The number of hydrogen-bond donors (Lipinski definition) is 0. The number of halogens is 1. The Balaban J connectivity index is 1.71. The molecule has 0 amide bonds. The fourth-order valence-corrected chi connectivity index (χ4v) is 6.67. The van der Waals surface area contributed by atoms with Gasteiger partial charge < -0.3 is 0 Å². The predicted molar refractivity (Wildman–Crippen MR) is 86.7 cm³/mol. The zero-order valence-corrected chi connectivity index (χ0v) is 14.1. The summed E-state index contributed by atoms with van der Waals surface area (Å²) in [4.78, 5) is 24.3. The topological polar surface area (TPSA) is 34.1 Å². The van der Waals surface area contributed by atoms with Crippen LogP contribution in [0, 0.1) is 35.0 Å². The van der Waals surface area contributed by atoms with Crippen molar-refractivity contribution in [1.82, 2.24) is 0 Å². The third kappa shape index (κ3) is 1.99. The fourth-order valence-electron chi connectivity index (χ4n) is 6.35. The molecule has 0 spiro atoms. The average Bonchev–Trinajstić information content (AvgIpc) is 2.81. The Morgan fingerprint density at radius 1 is 1.27 bits per heavy atom. The van der Waals surface area contributed by atoms with Crippen molar-refractivity contribution in [3.8, 4) is 0 Å². The van der Waals surface area contributed by atoms with E-state index in [0.717, 1.165) is 38.5 Å². The Labute approximate surface area is 137 Å². The summed E-state index contributed by atoms with van der Waals surface area (Å²) in [7, 11) is 0. The van der Waals surface area contributed by atoms with Gasteiger partial charge in [0.2, 0.25) is 0 Å². The van der Waals surface area contributed by atoms with E-state index in [0.29, 0.717) is 53.5 Å². The number of ketones is 2. The van der Waals surface area contributed by atoms with E-state index in [-0.39, 0.29) is 5.41 Å². The molecule has 22 heavy (non-hydrogen) atoms. The van der Waals surface area contributed by atoms with E-state index in [4.69, 9.17) is 11.6 Å². The number of allylic oxidation sites excluding steroid dienone is 2. The van der Waals surface area contributed by atoms with Crippen LogP contribution in [0.4, 0.5) is 0 Å². The van der Waals surface area contributed by atoms with Crippen molar-refractivity contribution in [2.45, 2.75) is 51.9 Å². The highest BCUT2D eigenvalue weighted by atomic mass is 35.5. The molecule has 0 unspecified atom stereocenters. The normalized spacial score (nSPS) is 47.5. The van der Waals surface area contributed by atoms with Gasteiger partial charge in [0, 0.05) is 30.6 Å². The number of carbonyl (C=O) groups is 2. The first-order chi connectivity index (χ1) is 10.5. The van der Waals surface area contributed by atoms with E-state index in [1.807, 2.05) is 0 Å². The lowest BCUT2D eigenvalue weighted by Gasteiger charge is -2.54. The van der Waals surface area contributed by atoms with Crippen LogP contribution in [-0.2, 0) is 9.59 Å². The summed E-state index contributed by atoms with van der Waals surface area (Å²) in [6.07, 6.45) is 8.63. The highest BCUT2D eigenvalue weighted by molar-refractivity contribution is 6.18. The van der Waals surface area contributed by atoms with Gasteiger partial charge in [0.25, 0.3) is 0 Å². The molecule has 3 fully saturated rings. The Hall–Kier alpha value is -0.630. The van der Waals surface area contributed by atoms with E-state index in [9.17, 15) is 9.59 Å². The van der Waals surface area contributed by atoms with Crippen molar-refractivity contribution in [2.24, 2.45) is 35.0 Å². The SMILES string of the molecule is C[C@]12C[C@H](CCl)[C@H]3[C@@H](CC=C4CC(=O)CC[C@@H]43)[C@@H]1CCC2=O. The van der Waals surface area contributed by atoms with Crippen molar-refractivity contribution in [1.29, 1.82) is 0 Å². The number of rotatable bonds is 1. The molecule has 0 heterocycles. The first-order valence-electron chi connectivity index (χ1n) is 8.84. The van der Waals surface area contributed by atoms with Crippen LogP contribution in [-0.4, -0.2) is 17.4 Å². The number of alkyl halides is 1. The Morgan fingerprint density at radius 3 is 2.86 bits per heavy atom. The molecule has 0 aromatic heterocycles. The molecular weight excluding hydrogens is 296 g/mol. The van der Waals surface area contributed by atoms with Gasteiger partial charge in [-0.15, -0.1) is 11.6 Å². The average molecular weight is 321 g/mol. The van der Waals surface area contributed by atoms with Gasteiger partial charge in [-0.05, 0) is 55.3 Å². The predicted octanol–water partition coefficient (Wildman–Crippen LogP) is 4.16. The van der Waals surface area contributed by atoms with Gasteiger partial charge >= 0.3 is 0 Å². The van der Waals surface area contributed by atoms with Crippen molar-refractivity contribution in [3.63, 3.8) is 0 Å². The largest absolute Gasteiger partial charge is 0.299 e. The molecular formula is C19H25ClO2. The van der Waals surface area contributed by atoms with Gasteiger partial charge in [0.05, 0.1) is 0 Å². The molecule has 2 nitrogen and oxygen atoms in total. The molecule has 4 rings (SSSR count). The molecule has 0 aliphatic heterocycles. The zero-order chi connectivity index (χ0) is 15.5. The van der Waals surface area contributed by atoms with Crippen LogP contribution in [0.25, 0.3) is 0 Å². The number of fused-ring (bicyclic) bond motifs is 5. The molecule has 6 atom stereocenters. The second kappa shape index (κ2) is 5.19. The molecule has 4 aliphatic carbocycles. The van der Waals surface area contributed by atoms with E-state index in [1.165, 1.54) is 5.57 Å². The quantitative estimate of drug-likeness (QED) is 0.537. The Morgan fingerprint density at radius 2 is 2.09 bits per heavy atom. The first kappa shape index (κ1) is 14.9. The van der Waals surface area contributed by atoms with Gasteiger partial charge in [-0.25, -0.2) is 0 Å². The maximum Gasteiger partial charge on any atom is 0.139 e. The zero-order valence-electron chi connectivity index (χ0n) is 13.3. The molecule has 0 aromatic carbocycles. The van der Waals surface area contributed by atoms with Gasteiger partial charge in [0.15, 0.2) is 0 Å². The number of Topliss-reactive ketones (excluding diaryl/α,β-unsaturated/α-hetero) is 2. The first-order valence-corrected chi connectivity index (χ1v) is 9.38. The van der Waals surface area contributed by atoms with Crippen molar-refractivity contribution >= 4 is 23.2 Å². The lowest BCUT2D eigenvalue weighted by Crippen LogP contribution is -2.51. The van der Waals surface area contributed by atoms with Crippen LogP contribution in [0.15, 0.2) is 11.6 Å². The van der Waals surface area contributed by atoms with E-state index >= 15 is 0 Å². The fraction of sp³-hybridized carbons (Fsp3) is 0.789. The summed E-state index contributed by atoms with van der Waals surface area (Å²) in [6.45, 7) is 2.20. The Bertz CT molecular complexity index is 552. The maximum absolute atomic E-state index is 12.5. The van der Waals surface area contributed by atoms with Crippen LogP contribution in [0.2, 0.25) is 0 Å². The van der Waals surface area contributed by atoms with Crippen LogP contribution in [0.5, 0.6) is 0 Å². The minimum Gasteiger partial charge on any atom is -0.299 e. The van der Waals surface area contributed by atoms with Crippen molar-refractivity contribution < 1.29 is 9.59 Å². The molecule has 4 aliphatic rings. The summed E-state index contributed by atoms with van der Waals surface area (Å²) < 4.78 is 0. The molecule has 0 bridgehead atoms. The molecule has 120 valence electrons. The van der Waals surface area contributed by atoms with E-state index < -0.39 is 0 Å². The lowest BCUT2D eigenvalue weighted by atomic mass is 9.50. The summed E-state index contributed by atoms with van der Waals surface area (Å²) in [5.74, 6) is 4.29. The molecule has 0 radical (unpaired) electrons. The highest BCUT2D eigenvalue weighted by Gasteiger charge is 2.58. The van der Waals surface area contributed by atoms with Crippen LogP contribution in [0.1, 0.15) is 51.9 Å².